The Labute approximate surface area is 136 Å². The normalized spacial score (nSPS) is 18.3. The van der Waals surface area contributed by atoms with Crippen LogP contribution >= 0.6 is 0 Å². The Morgan fingerprint density at radius 3 is 2.29 bits per heavy atom. The molecule has 0 aromatic heterocycles. The molecule has 0 saturated heterocycles. The van der Waals surface area contributed by atoms with Gasteiger partial charge in [0.15, 0.2) is 0 Å². The van der Waals surface area contributed by atoms with E-state index in [0.717, 1.165) is 12.1 Å². The molecule has 1 aromatic rings. The number of ether oxygens (including phenoxy) is 1. The second-order valence-corrected chi connectivity index (χ2v) is 5.64. The number of carbonyl (C=O) groups is 2. The van der Waals surface area contributed by atoms with E-state index >= 15 is 0 Å². The number of hydrogen-bond acceptors (Lipinski definition) is 3. The molecule has 0 spiro atoms. The number of nitrogens with one attached hydrogen (secondary N) is 2. The van der Waals surface area contributed by atoms with E-state index in [2.05, 4.69) is 10.6 Å². The molecule has 24 heavy (non-hydrogen) atoms. The highest BCUT2D eigenvalue weighted by Gasteiger charge is 2.34. The smallest absolute Gasteiger partial charge is 0.416 e. The van der Waals surface area contributed by atoms with Crippen LogP contribution in [-0.2, 0) is 15.7 Å². The molecule has 1 aliphatic rings. The van der Waals surface area contributed by atoms with Gasteiger partial charge in [-0.3, -0.25) is 0 Å². The Balaban J connectivity index is 2.39. The molecule has 0 saturated carbocycles. The summed E-state index contributed by atoms with van der Waals surface area (Å²) in [6.45, 7) is 4.89. The van der Waals surface area contributed by atoms with E-state index in [-0.39, 0.29) is 11.7 Å². The summed E-state index contributed by atoms with van der Waals surface area (Å²) in [5.41, 5.74) is 0.00350. The van der Waals surface area contributed by atoms with Crippen molar-refractivity contribution in [2.24, 2.45) is 0 Å². The number of esters is 1. The van der Waals surface area contributed by atoms with Crippen molar-refractivity contribution in [2.45, 2.75) is 39.1 Å². The first-order chi connectivity index (χ1) is 11.1. The lowest BCUT2D eigenvalue weighted by Gasteiger charge is -2.28. The molecule has 0 unspecified atom stereocenters. The number of benzene rings is 1. The Bertz CT molecular complexity index is 679. The molecule has 1 aromatic carbocycles. The minimum Gasteiger partial charge on any atom is -0.459 e. The summed E-state index contributed by atoms with van der Waals surface area (Å²) in [4.78, 5) is 24.0. The topological polar surface area (TPSA) is 67.4 Å². The van der Waals surface area contributed by atoms with Crippen molar-refractivity contribution in [1.82, 2.24) is 10.6 Å². The van der Waals surface area contributed by atoms with Gasteiger partial charge in [-0.2, -0.15) is 13.2 Å². The summed E-state index contributed by atoms with van der Waals surface area (Å²) in [6, 6.07) is 2.85. The zero-order chi connectivity index (χ0) is 18.1. The van der Waals surface area contributed by atoms with E-state index < -0.39 is 29.8 Å². The minimum atomic E-state index is -4.46. The van der Waals surface area contributed by atoms with Crippen LogP contribution in [0.3, 0.4) is 0 Å². The van der Waals surface area contributed by atoms with Crippen molar-refractivity contribution in [1.29, 1.82) is 0 Å². The Morgan fingerprint density at radius 1 is 1.21 bits per heavy atom. The largest absolute Gasteiger partial charge is 0.459 e. The predicted molar refractivity (Wildman–Crippen MR) is 79.8 cm³/mol. The quantitative estimate of drug-likeness (QED) is 0.829. The van der Waals surface area contributed by atoms with Gasteiger partial charge in [-0.25, -0.2) is 9.59 Å². The van der Waals surface area contributed by atoms with E-state index in [1.54, 1.807) is 13.8 Å². The second-order valence-electron chi connectivity index (χ2n) is 5.64. The molecule has 8 heteroatoms. The maximum atomic E-state index is 12.7. The van der Waals surface area contributed by atoms with Crippen LogP contribution in [0.25, 0.3) is 0 Å². The number of amides is 2. The Morgan fingerprint density at radius 2 is 1.79 bits per heavy atom. The number of alkyl halides is 3. The fourth-order valence-electron chi connectivity index (χ4n) is 2.36. The first kappa shape index (κ1) is 17.8. The maximum absolute atomic E-state index is 12.7. The van der Waals surface area contributed by atoms with Crippen LogP contribution in [0.1, 0.15) is 37.9 Å². The highest BCUT2D eigenvalue weighted by Crippen LogP contribution is 2.32. The van der Waals surface area contributed by atoms with Crippen molar-refractivity contribution < 1.29 is 27.5 Å². The standard InChI is InChI=1S/C16H17F3N2O3/c1-8(2)24-14(22)12-9(3)20-15(23)21-13(12)10-4-6-11(7-5-10)16(17,18)19/h4-8,13H,1-3H3,(H2,20,21,23)/t13-/m0/s1. The first-order valence-corrected chi connectivity index (χ1v) is 7.26. The van der Waals surface area contributed by atoms with E-state index in [4.69, 9.17) is 4.74 Å². The van der Waals surface area contributed by atoms with Crippen LogP contribution < -0.4 is 10.6 Å². The molecule has 0 radical (unpaired) electrons. The molecular formula is C16H17F3N2O3. The van der Waals surface area contributed by atoms with Crippen molar-refractivity contribution in [3.8, 4) is 0 Å². The molecule has 2 N–H and O–H groups in total. The van der Waals surface area contributed by atoms with Gasteiger partial charge in [-0.05, 0) is 38.5 Å². The summed E-state index contributed by atoms with van der Waals surface area (Å²) in [5, 5.41) is 5.00. The molecule has 0 fully saturated rings. The number of carbonyl (C=O) groups excluding carboxylic acids is 2. The van der Waals surface area contributed by atoms with E-state index in [0.29, 0.717) is 11.3 Å². The number of rotatable bonds is 3. The number of hydrogen-bond donors (Lipinski definition) is 2. The molecule has 1 atom stereocenters. The molecule has 5 nitrogen and oxygen atoms in total. The monoisotopic (exact) mass is 342 g/mol. The van der Waals surface area contributed by atoms with Crippen LogP contribution in [0, 0.1) is 0 Å². The van der Waals surface area contributed by atoms with Crippen molar-refractivity contribution in [3.63, 3.8) is 0 Å². The minimum absolute atomic E-state index is 0.156. The molecule has 2 amide bonds. The van der Waals surface area contributed by atoms with Crippen LogP contribution in [0.15, 0.2) is 35.5 Å². The zero-order valence-electron chi connectivity index (χ0n) is 13.3. The van der Waals surface area contributed by atoms with E-state index in [9.17, 15) is 22.8 Å². The van der Waals surface area contributed by atoms with Crippen LogP contribution in [0.2, 0.25) is 0 Å². The Hall–Kier alpha value is -2.51. The zero-order valence-corrected chi connectivity index (χ0v) is 13.3. The fraction of sp³-hybridized carbons (Fsp3) is 0.375. The van der Waals surface area contributed by atoms with Gasteiger partial charge in [0.2, 0.25) is 0 Å². The molecule has 2 rings (SSSR count). The average molecular weight is 342 g/mol. The summed E-state index contributed by atoms with van der Waals surface area (Å²) in [6.07, 6.45) is -4.83. The molecule has 0 bridgehead atoms. The lowest BCUT2D eigenvalue weighted by Crippen LogP contribution is -2.45. The molecule has 1 aliphatic heterocycles. The van der Waals surface area contributed by atoms with Crippen molar-refractivity contribution >= 4 is 12.0 Å². The third kappa shape index (κ3) is 3.87. The highest BCUT2D eigenvalue weighted by atomic mass is 19.4. The first-order valence-electron chi connectivity index (χ1n) is 7.26. The lowest BCUT2D eigenvalue weighted by atomic mass is 9.95. The van der Waals surface area contributed by atoms with Gasteiger partial charge < -0.3 is 15.4 Å². The molecule has 130 valence electrons. The summed E-state index contributed by atoms with van der Waals surface area (Å²) >= 11 is 0. The van der Waals surface area contributed by atoms with Gasteiger partial charge in [-0.1, -0.05) is 12.1 Å². The van der Waals surface area contributed by atoms with Crippen molar-refractivity contribution in [2.75, 3.05) is 0 Å². The van der Waals surface area contributed by atoms with Crippen LogP contribution in [0.5, 0.6) is 0 Å². The second kappa shape index (κ2) is 6.54. The Kier molecular flexibility index (Phi) is 4.86. The van der Waals surface area contributed by atoms with Crippen molar-refractivity contribution in [3.05, 3.63) is 46.7 Å². The highest BCUT2D eigenvalue weighted by molar-refractivity contribution is 5.95. The molecule has 0 aliphatic carbocycles. The fourth-order valence-corrected chi connectivity index (χ4v) is 2.36. The maximum Gasteiger partial charge on any atom is 0.416 e. The van der Waals surface area contributed by atoms with Gasteiger partial charge in [-0.15, -0.1) is 0 Å². The van der Waals surface area contributed by atoms with Gasteiger partial charge in [0, 0.05) is 5.70 Å². The van der Waals surface area contributed by atoms with Crippen LogP contribution in [-0.4, -0.2) is 18.1 Å². The van der Waals surface area contributed by atoms with Gasteiger partial charge in [0.25, 0.3) is 0 Å². The SMILES string of the molecule is CC1=C(C(=O)OC(C)C)[C@H](c2ccc(C(F)(F)F)cc2)NC(=O)N1. The third-order valence-electron chi connectivity index (χ3n) is 3.40. The van der Waals surface area contributed by atoms with E-state index in [1.807, 2.05) is 0 Å². The lowest BCUT2D eigenvalue weighted by molar-refractivity contribution is -0.143. The van der Waals surface area contributed by atoms with Gasteiger partial charge in [0.05, 0.1) is 23.3 Å². The predicted octanol–water partition coefficient (Wildman–Crippen LogP) is 3.28. The summed E-state index contributed by atoms with van der Waals surface area (Å²) in [5.74, 6) is -0.639. The van der Waals surface area contributed by atoms with E-state index in [1.165, 1.54) is 19.1 Å². The van der Waals surface area contributed by atoms with Crippen LogP contribution in [0.4, 0.5) is 18.0 Å². The molecular weight excluding hydrogens is 325 g/mol. The summed E-state index contributed by atoms with van der Waals surface area (Å²) in [7, 11) is 0. The van der Waals surface area contributed by atoms with Gasteiger partial charge >= 0.3 is 18.2 Å². The number of halogens is 3. The molecule has 1 heterocycles. The number of allylic oxidation sites excluding steroid dienone is 1. The number of urea groups is 1. The average Bonchev–Trinajstić information content (AvgIpc) is 2.44. The summed E-state index contributed by atoms with van der Waals surface area (Å²) < 4.78 is 43.2. The van der Waals surface area contributed by atoms with Gasteiger partial charge in [0.1, 0.15) is 0 Å². The third-order valence-corrected chi connectivity index (χ3v) is 3.40.